The van der Waals surface area contributed by atoms with Crippen molar-refractivity contribution in [2.24, 2.45) is 0 Å². The van der Waals surface area contributed by atoms with Crippen LogP contribution >= 0.6 is 12.4 Å². The molecule has 2 atom stereocenters. The van der Waals surface area contributed by atoms with E-state index in [1.54, 1.807) is 11.8 Å². The smallest absolute Gasteiger partial charge is 0.317 e. The highest BCUT2D eigenvalue weighted by molar-refractivity contribution is 5.85. The minimum atomic E-state index is -0.901. The van der Waals surface area contributed by atoms with E-state index in [9.17, 15) is 9.59 Å². The summed E-state index contributed by atoms with van der Waals surface area (Å²) in [4.78, 5) is 24.3. The van der Waals surface area contributed by atoms with Gasteiger partial charge < -0.3 is 10.4 Å². The molecule has 2 N–H and O–H groups in total. The number of hydrogen-bond acceptors (Lipinski definition) is 3. The Bertz CT molecular complexity index is 262. The summed E-state index contributed by atoms with van der Waals surface area (Å²) < 4.78 is 0. The van der Waals surface area contributed by atoms with Crippen LogP contribution in [0.4, 0.5) is 0 Å². The Kier molecular flexibility index (Phi) is 11.0. The predicted octanol–water partition coefficient (Wildman–Crippen LogP) is 1.51. The molecule has 0 aromatic carbocycles. The molecule has 0 fully saturated rings. The van der Waals surface area contributed by atoms with Crippen LogP contribution in [0.15, 0.2) is 0 Å². The third kappa shape index (κ3) is 7.50. The molecular formula is C12H25ClN2O3. The quantitative estimate of drug-likeness (QED) is 0.707. The lowest BCUT2D eigenvalue weighted by Gasteiger charge is -2.27. The Morgan fingerprint density at radius 3 is 2.22 bits per heavy atom. The highest BCUT2D eigenvalue weighted by atomic mass is 35.5. The molecule has 0 radical (unpaired) electrons. The summed E-state index contributed by atoms with van der Waals surface area (Å²) in [7, 11) is 0. The predicted molar refractivity (Wildman–Crippen MR) is 74.1 cm³/mol. The first-order valence-electron chi connectivity index (χ1n) is 6.18. The fourth-order valence-electron chi connectivity index (χ4n) is 1.50. The summed E-state index contributed by atoms with van der Waals surface area (Å²) in [6.07, 6.45) is 1.69. The van der Waals surface area contributed by atoms with Crippen molar-refractivity contribution in [2.45, 2.75) is 52.6 Å². The van der Waals surface area contributed by atoms with Gasteiger partial charge in [-0.15, -0.1) is 12.4 Å². The maximum atomic E-state index is 11.9. The van der Waals surface area contributed by atoms with E-state index >= 15 is 0 Å². The minimum absolute atomic E-state index is 0. The number of amides is 1. The van der Waals surface area contributed by atoms with Gasteiger partial charge >= 0.3 is 5.97 Å². The summed E-state index contributed by atoms with van der Waals surface area (Å²) in [6, 6.07) is -0.279. The minimum Gasteiger partial charge on any atom is -0.480 e. The van der Waals surface area contributed by atoms with Crippen molar-refractivity contribution in [2.75, 3.05) is 13.1 Å². The lowest BCUT2D eigenvalue weighted by molar-refractivity contribution is -0.139. The first-order valence-corrected chi connectivity index (χ1v) is 6.18. The van der Waals surface area contributed by atoms with Gasteiger partial charge in [0.1, 0.15) is 0 Å². The molecule has 0 bridgehead atoms. The Balaban J connectivity index is 0. The highest BCUT2D eigenvalue weighted by Gasteiger charge is 2.23. The third-order valence-corrected chi connectivity index (χ3v) is 2.78. The lowest BCUT2D eigenvalue weighted by Crippen LogP contribution is -2.49. The van der Waals surface area contributed by atoms with Crippen molar-refractivity contribution < 1.29 is 14.7 Å². The average molecular weight is 281 g/mol. The van der Waals surface area contributed by atoms with Crippen molar-refractivity contribution in [1.82, 2.24) is 10.2 Å². The van der Waals surface area contributed by atoms with Crippen LogP contribution in [-0.2, 0) is 9.59 Å². The molecule has 0 saturated carbocycles. The molecule has 0 spiro atoms. The molecule has 0 aliphatic rings. The van der Waals surface area contributed by atoms with Gasteiger partial charge in [-0.3, -0.25) is 14.5 Å². The molecule has 18 heavy (non-hydrogen) atoms. The largest absolute Gasteiger partial charge is 0.480 e. The number of rotatable bonds is 8. The highest BCUT2D eigenvalue weighted by Crippen LogP contribution is 2.02. The summed E-state index contributed by atoms with van der Waals surface area (Å²) in [5, 5.41) is 11.7. The molecule has 0 rings (SSSR count). The summed E-state index contributed by atoms with van der Waals surface area (Å²) >= 11 is 0. The molecule has 0 saturated heterocycles. The zero-order chi connectivity index (χ0) is 13.4. The number of carbonyl (C=O) groups excluding carboxylic acids is 1. The normalized spacial score (nSPS) is 13.6. The fourth-order valence-corrected chi connectivity index (χ4v) is 1.50. The van der Waals surface area contributed by atoms with Crippen LogP contribution in [-0.4, -0.2) is 47.1 Å². The van der Waals surface area contributed by atoms with E-state index in [-0.39, 0.29) is 30.9 Å². The first kappa shape index (κ1) is 19.5. The zero-order valence-electron chi connectivity index (χ0n) is 11.6. The van der Waals surface area contributed by atoms with Gasteiger partial charge in [-0.1, -0.05) is 13.8 Å². The lowest BCUT2D eigenvalue weighted by atomic mass is 10.2. The number of nitrogens with one attached hydrogen (secondary N) is 1. The van der Waals surface area contributed by atoms with Gasteiger partial charge in [0.2, 0.25) is 5.91 Å². The van der Waals surface area contributed by atoms with Gasteiger partial charge in [-0.25, -0.2) is 0 Å². The van der Waals surface area contributed by atoms with Crippen molar-refractivity contribution in [3.05, 3.63) is 0 Å². The van der Waals surface area contributed by atoms with Crippen LogP contribution < -0.4 is 5.32 Å². The fraction of sp³-hybridized carbons (Fsp3) is 0.833. The molecule has 0 aliphatic heterocycles. The van der Waals surface area contributed by atoms with Crippen LogP contribution in [0.1, 0.15) is 40.5 Å². The number of aliphatic carboxylic acids is 1. The number of hydrogen-bond donors (Lipinski definition) is 2. The number of halogens is 1. The monoisotopic (exact) mass is 280 g/mol. The molecule has 5 nitrogen and oxygen atoms in total. The SMILES string of the molecule is CCCN(CC(=O)O)C(C)C(=O)NC(C)CC.Cl. The average Bonchev–Trinajstić information content (AvgIpc) is 2.26. The standard InChI is InChI=1S/C12H24N2O3.ClH/c1-5-7-14(8-11(15)16)10(4)12(17)13-9(3)6-2;/h9-10H,5-8H2,1-4H3,(H,13,17)(H,15,16);1H. The number of carbonyl (C=O) groups is 2. The van der Waals surface area contributed by atoms with E-state index in [2.05, 4.69) is 5.32 Å². The maximum absolute atomic E-state index is 11.9. The van der Waals surface area contributed by atoms with Gasteiger partial charge in [0.15, 0.2) is 0 Å². The number of nitrogens with zero attached hydrogens (tertiary/aromatic N) is 1. The van der Waals surface area contributed by atoms with E-state index in [0.29, 0.717) is 6.54 Å². The maximum Gasteiger partial charge on any atom is 0.317 e. The third-order valence-electron chi connectivity index (χ3n) is 2.78. The summed E-state index contributed by atoms with van der Waals surface area (Å²) in [5.41, 5.74) is 0. The van der Waals surface area contributed by atoms with E-state index in [4.69, 9.17) is 5.11 Å². The molecule has 1 amide bonds. The van der Waals surface area contributed by atoms with Crippen LogP contribution in [0.2, 0.25) is 0 Å². The van der Waals surface area contributed by atoms with E-state index < -0.39 is 12.0 Å². The Hall–Kier alpha value is -0.810. The molecule has 108 valence electrons. The van der Waals surface area contributed by atoms with Gasteiger partial charge in [0, 0.05) is 6.04 Å². The summed E-state index contributed by atoms with van der Waals surface area (Å²) in [5.74, 6) is -1.00. The van der Waals surface area contributed by atoms with E-state index in [0.717, 1.165) is 12.8 Å². The van der Waals surface area contributed by atoms with Crippen LogP contribution in [0.5, 0.6) is 0 Å². The molecular weight excluding hydrogens is 256 g/mol. The first-order chi connectivity index (χ1) is 7.92. The second-order valence-corrected chi connectivity index (χ2v) is 4.36. The van der Waals surface area contributed by atoms with Gasteiger partial charge in [-0.05, 0) is 33.2 Å². The Labute approximate surface area is 115 Å². The number of carboxylic acid groups (broad SMARTS) is 1. The van der Waals surface area contributed by atoms with E-state index in [1.165, 1.54) is 0 Å². The Morgan fingerprint density at radius 2 is 1.83 bits per heavy atom. The van der Waals surface area contributed by atoms with Crippen molar-refractivity contribution >= 4 is 24.3 Å². The molecule has 0 aliphatic carbocycles. The molecule has 6 heteroatoms. The van der Waals surface area contributed by atoms with Crippen LogP contribution in [0.25, 0.3) is 0 Å². The molecule has 0 aromatic rings. The number of carboxylic acids is 1. The molecule has 0 aromatic heterocycles. The van der Waals surface area contributed by atoms with Gasteiger partial charge in [-0.2, -0.15) is 0 Å². The molecule has 2 unspecified atom stereocenters. The summed E-state index contributed by atoms with van der Waals surface area (Å²) in [6.45, 7) is 8.16. The second kappa shape index (κ2) is 10.1. The van der Waals surface area contributed by atoms with Gasteiger partial charge in [0.25, 0.3) is 0 Å². The molecule has 0 heterocycles. The topological polar surface area (TPSA) is 69.6 Å². The van der Waals surface area contributed by atoms with E-state index in [1.807, 2.05) is 20.8 Å². The zero-order valence-corrected chi connectivity index (χ0v) is 12.4. The van der Waals surface area contributed by atoms with Crippen LogP contribution in [0, 0.1) is 0 Å². The Morgan fingerprint density at radius 1 is 1.28 bits per heavy atom. The van der Waals surface area contributed by atoms with Gasteiger partial charge in [0.05, 0.1) is 12.6 Å². The second-order valence-electron chi connectivity index (χ2n) is 4.36. The van der Waals surface area contributed by atoms with Crippen molar-refractivity contribution in [1.29, 1.82) is 0 Å². The van der Waals surface area contributed by atoms with Crippen molar-refractivity contribution in [3.8, 4) is 0 Å². The van der Waals surface area contributed by atoms with Crippen LogP contribution in [0.3, 0.4) is 0 Å². The van der Waals surface area contributed by atoms with Crippen molar-refractivity contribution in [3.63, 3.8) is 0 Å².